The number of carbonyl (C=O) groups excluding carboxylic acids is 2. The smallest absolute Gasteiger partial charge is 0.259 e. The summed E-state index contributed by atoms with van der Waals surface area (Å²) < 4.78 is 0. The normalized spacial score (nSPS) is 10.7. The Bertz CT molecular complexity index is 980. The molecule has 0 aliphatic rings. The van der Waals surface area contributed by atoms with Gasteiger partial charge in [0.1, 0.15) is 5.00 Å². The number of amides is 2. The van der Waals surface area contributed by atoms with Gasteiger partial charge in [0.05, 0.1) is 22.2 Å². The van der Waals surface area contributed by atoms with Crippen LogP contribution < -0.4 is 16.6 Å². The largest absolute Gasteiger partial charge is 0.366 e. The molecule has 0 unspecified atom stereocenters. The zero-order chi connectivity index (χ0) is 17.1. The van der Waals surface area contributed by atoms with Crippen molar-refractivity contribution in [3.05, 3.63) is 51.6 Å². The first-order valence-electron chi connectivity index (χ1n) is 6.83. The van der Waals surface area contributed by atoms with Gasteiger partial charge in [-0.2, -0.15) is 0 Å². The number of aromatic nitrogens is 2. The lowest BCUT2D eigenvalue weighted by atomic mass is 10.2. The molecular weight excluding hydrogens is 348 g/mol. The summed E-state index contributed by atoms with van der Waals surface area (Å²) in [5, 5.41) is 5.57. The fraction of sp³-hybridized carbons (Fsp3) is 0.0667. The molecular formula is C15H12N4O3S2. The molecule has 0 bridgehead atoms. The number of fused-ring (bicyclic) bond motifs is 1. The summed E-state index contributed by atoms with van der Waals surface area (Å²) in [6.45, 7) is 0. The molecule has 122 valence electrons. The maximum absolute atomic E-state index is 12.0. The summed E-state index contributed by atoms with van der Waals surface area (Å²) in [6.07, 6.45) is 0. The number of H-pyrrole nitrogens is 1. The fourth-order valence-electron chi connectivity index (χ4n) is 2.03. The molecule has 0 aliphatic carbocycles. The minimum absolute atomic E-state index is 0.0391. The Morgan fingerprint density at radius 1 is 1.29 bits per heavy atom. The highest BCUT2D eigenvalue weighted by molar-refractivity contribution is 7.99. The number of nitrogens with two attached hydrogens (primary N) is 1. The van der Waals surface area contributed by atoms with Crippen LogP contribution in [0.3, 0.4) is 0 Å². The molecule has 0 fully saturated rings. The molecule has 0 aliphatic heterocycles. The van der Waals surface area contributed by atoms with Gasteiger partial charge in [0.25, 0.3) is 11.5 Å². The molecule has 1 aromatic carbocycles. The van der Waals surface area contributed by atoms with Gasteiger partial charge in [-0.25, -0.2) is 4.98 Å². The van der Waals surface area contributed by atoms with Gasteiger partial charge in [0, 0.05) is 0 Å². The van der Waals surface area contributed by atoms with E-state index in [9.17, 15) is 14.4 Å². The molecule has 0 atom stereocenters. The predicted octanol–water partition coefficient (Wildman–Crippen LogP) is 1.81. The first-order valence-corrected chi connectivity index (χ1v) is 8.70. The quantitative estimate of drug-likeness (QED) is 0.474. The number of thiophene rings is 1. The van der Waals surface area contributed by atoms with E-state index in [4.69, 9.17) is 5.73 Å². The van der Waals surface area contributed by atoms with Gasteiger partial charge in [-0.15, -0.1) is 11.3 Å². The summed E-state index contributed by atoms with van der Waals surface area (Å²) >= 11 is 2.32. The van der Waals surface area contributed by atoms with E-state index in [2.05, 4.69) is 15.3 Å². The summed E-state index contributed by atoms with van der Waals surface area (Å²) in [7, 11) is 0. The van der Waals surface area contributed by atoms with E-state index >= 15 is 0 Å². The zero-order valence-electron chi connectivity index (χ0n) is 12.2. The number of rotatable bonds is 5. The van der Waals surface area contributed by atoms with Gasteiger partial charge in [0.15, 0.2) is 5.16 Å². The Morgan fingerprint density at radius 2 is 2.08 bits per heavy atom. The number of thioether (sulfide) groups is 1. The summed E-state index contributed by atoms with van der Waals surface area (Å²) in [4.78, 5) is 42.1. The number of para-hydroxylation sites is 1. The minimum Gasteiger partial charge on any atom is -0.366 e. The Balaban J connectivity index is 1.69. The number of nitrogens with one attached hydrogen (secondary N) is 2. The average molecular weight is 360 g/mol. The predicted molar refractivity (Wildman–Crippen MR) is 94.6 cm³/mol. The summed E-state index contributed by atoms with van der Waals surface area (Å²) in [5.74, 6) is -0.877. The standard InChI is InChI=1S/C15H12N4O3S2/c16-12(21)9-5-6-23-14(9)18-11(20)7-24-15-17-10-4-2-1-3-8(10)13(22)19-15/h1-6H,7H2,(H2,16,21)(H,18,20)(H,17,19,22). The number of carbonyl (C=O) groups is 2. The Labute approximate surface area is 144 Å². The summed E-state index contributed by atoms with van der Waals surface area (Å²) in [5.41, 5.74) is 5.82. The van der Waals surface area contributed by atoms with Crippen LogP contribution in [0.5, 0.6) is 0 Å². The first-order chi connectivity index (χ1) is 11.5. The van der Waals surface area contributed by atoms with Crippen molar-refractivity contribution in [1.29, 1.82) is 0 Å². The van der Waals surface area contributed by atoms with Crippen LogP contribution in [0.15, 0.2) is 45.7 Å². The van der Waals surface area contributed by atoms with Gasteiger partial charge in [-0.05, 0) is 23.6 Å². The lowest BCUT2D eigenvalue weighted by Crippen LogP contribution is -2.18. The molecule has 24 heavy (non-hydrogen) atoms. The average Bonchev–Trinajstić information content (AvgIpc) is 3.01. The van der Waals surface area contributed by atoms with E-state index in [1.807, 2.05) is 0 Å². The number of primary amides is 1. The molecule has 3 aromatic rings. The lowest BCUT2D eigenvalue weighted by molar-refractivity contribution is -0.113. The van der Waals surface area contributed by atoms with E-state index in [1.54, 1.807) is 35.7 Å². The molecule has 0 radical (unpaired) electrons. The second kappa shape index (κ2) is 6.85. The summed E-state index contributed by atoms with van der Waals surface area (Å²) in [6, 6.07) is 8.52. The topological polar surface area (TPSA) is 118 Å². The molecule has 2 heterocycles. The highest BCUT2D eigenvalue weighted by Gasteiger charge is 2.13. The molecule has 2 amide bonds. The van der Waals surface area contributed by atoms with Crippen molar-refractivity contribution in [2.45, 2.75) is 5.16 Å². The number of anilines is 1. The van der Waals surface area contributed by atoms with Crippen molar-refractivity contribution in [3.8, 4) is 0 Å². The van der Waals surface area contributed by atoms with Crippen molar-refractivity contribution >= 4 is 50.8 Å². The molecule has 9 heteroatoms. The Morgan fingerprint density at radius 3 is 2.88 bits per heavy atom. The molecule has 0 saturated heterocycles. The van der Waals surface area contributed by atoms with Crippen molar-refractivity contribution in [2.24, 2.45) is 5.73 Å². The Kier molecular flexibility index (Phi) is 4.63. The maximum atomic E-state index is 12.0. The van der Waals surface area contributed by atoms with Crippen LogP contribution >= 0.6 is 23.1 Å². The maximum Gasteiger partial charge on any atom is 0.259 e. The SMILES string of the molecule is NC(=O)c1ccsc1NC(=O)CSc1nc2ccccc2c(=O)[nH]1. The van der Waals surface area contributed by atoms with Gasteiger partial charge in [-0.3, -0.25) is 14.4 Å². The van der Waals surface area contributed by atoms with Crippen LogP contribution in [0.4, 0.5) is 5.00 Å². The molecule has 0 spiro atoms. The number of hydrogen-bond acceptors (Lipinski definition) is 6. The number of hydrogen-bond donors (Lipinski definition) is 3. The van der Waals surface area contributed by atoms with E-state index < -0.39 is 5.91 Å². The fourth-order valence-corrected chi connectivity index (χ4v) is 3.51. The van der Waals surface area contributed by atoms with Gasteiger partial charge >= 0.3 is 0 Å². The minimum atomic E-state index is -0.597. The third-order valence-corrected chi connectivity index (χ3v) is 4.82. The molecule has 4 N–H and O–H groups in total. The van der Waals surface area contributed by atoms with Crippen LogP contribution in [0.25, 0.3) is 10.9 Å². The van der Waals surface area contributed by atoms with Gasteiger partial charge in [-0.1, -0.05) is 23.9 Å². The van der Waals surface area contributed by atoms with Crippen molar-refractivity contribution < 1.29 is 9.59 Å². The van der Waals surface area contributed by atoms with Crippen LogP contribution in [0.2, 0.25) is 0 Å². The van der Waals surface area contributed by atoms with Gasteiger partial charge < -0.3 is 16.0 Å². The zero-order valence-corrected chi connectivity index (χ0v) is 13.9. The second-order valence-corrected chi connectivity index (χ2v) is 6.63. The van der Waals surface area contributed by atoms with E-state index in [1.165, 1.54) is 11.3 Å². The van der Waals surface area contributed by atoms with Crippen LogP contribution in [-0.4, -0.2) is 27.5 Å². The van der Waals surface area contributed by atoms with Crippen molar-refractivity contribution in [2.75, 3.05) is 11.1 Å². The number of nitrogens with zero attached hydrogens (tertiary/aromatic N) is 1. The highest BCUT2D eigenvalue weighted by atomic mass is 32.2. The van der Waals surface area contributed by atoms with E-state index in [0.29, 0.717) is 21.1 Å². The van der Waals surface area contributed by atoms with E-state index in [0.717, 1.165) is 11.8 Å². The van der Waals surface area contributed by atoms with Crippen LogP contribution in [0.1, 0.15) is 10.4 Å². The third kappa shape index (κ3) is 3.47. The van der Waals surface area contributed by atoms with Gasteiger partial charge in [0.2, 0.25) is 5.91 Å². The molecule has 2 aromatic heterocycles. The molecule has 3 rings (SSSR count). The van der Waals surface area contributed by atoms with Crippen molar-refractivity contribution in [3.63, 3.8) is 0 Å². The van der Waals surface area contributed by atoms with Crippen LogP contribution in [-0.2, 0) is 4.79 Å². The lowest BCUT2D eigenvalue weighted by Gasteiger charge is -2.05. The monoisotopic (exact) mass is 360 g/mol. The highest BCUT2D eigenvalue weighted by Crippen LogP contribution is 2.23. The first kappa shape index (κ1) is 16.2. The second-order valence-electron chi connectivity index (χ2n) is 4.75. The number of benzene rings is 1. The Hall–Kier alpha value is -2.65. The van der Waals surface area contributed by atoms with Crippen molar-refractivity contribution in [1.82, 2.24) is 9.97 Å². The van der Waals surface area contributed by atoms with Crippen LogP contribution in [0, 0.1) is 0 Å². The van der Waals surface area contributed by atoms with E-state index in [-0.39, 0.29) is 22.8 Å². The number of aromatic amines is 1. The molecule has 0 saturated carbocycles. The molecule has 7 nitrogen and oxygen atoms in total. The third-order valence-electron chi connectivity index (χ3n) is 3.11.